The maximum absolute atomic E-state index is 12.4. The van der Waals surface area contributed by atoms with Gasteiger partial charge in [0.05, 0.1) is 18.1 Å². The molecule has 0 aromatic heterocycles. The van der Waals surface area contributed by atoms with Crippen molar-refractivity contribution in [3.8, 4) is 0 Å². The number of anilines is 2. The number of carbonyl (C=O) groups excluding carboxylic acids is 1. The minimum atomic E-state index is -0.561. The molecule has 0 fully saturated rings. The minimum absolute atomic E-state index is 0.0798. The van der Waals surface area contributed by atoms with Crippen LogP contribution < -0.4 is 10.2 Å². The molecule has 7 nitrogen and oxygen atoms in total. The smallest absolute Gasteiger partial charge is 0.326 e. The highest BCUT2D eigenvalue weighted by molar-refractivity contribution is 6.02. The Labute approximate surface area is 127 Å². The second-order valence-electron chi connectivity index (χ2n) is 4.42. The molecule has 22 heavy (non-hydrogen) atoms. The van der Waals surface area contributed by atoms with Gasteiger partial charge in [-0.15, -0.1) is 0 Å². The summed E-state index contributed by atoms with van der Waals surface area (Å²) >= 11 is 0. The Morgan fingerprint density at radius 1 is 1.14 bits per heavy atom. The third-order valence-electron chi connectivity index (χ3n) is 2.98. The van der Waals surface area contributed by atoms with E-state index in [1.54, 1.807) is 36.4 Å². The lowest BCUT2D eigenvalue weighted by atomic mass is 10.2. The van der Waals surface area contributed by atoms with Gasteiger partial charge in [-0.3, -0.25) is 15.0 Å². The number of amides is 2. The zero-order valence-electron chi connectivity index (χ0n) is 11.7. The number of carbonyl (C=O) groups is 1. The van der Waals surface area contributed by atoms with Crippen molar-refractivity contribution >= 4 is 23.1 Å². The topological polar surface area (TPSA) is 95.7 Å². The number of urea groups is 1. The van der Waals surface area contributed by atoms with E-state index in [0.29, 0.717) is 5.69 Å². The van der Waals surface area contributed by atoms with E-state index in [4.69, 9.17) is 5.11 Å². The Bertz CT molecular complexity index is 661. The predicted octanol–water partition coefficient (Wildman–Crippen LogP) is 2.63. The normalized spacial score (nSPS) is 10.0. The molecule has 0 spiro atoms. The van der Waals surface area contributed by atoms with E-state index < -0.39 is 11.0 Å². The number of nitrogens with zero attached hydrogens (tertiary/aromatic N) is 2. The molecule has 0 heterocycles. The first kappa shape index (κ1) is 15.5. The first-order valence-corrected chi connectivity index (χ1v) is 6.61. The average molecular weight is 301 g/mol. The zero-order chi connectivity index (χ0) is 15.9. The standard InChI is InChI=1S/C15H15N3O4/c19-11-10-17(12-6-2-1-3-7-12)15(20)16-13-8-4-5-9-14(13)18(21)22/h1-9,19H,10-11H2,(H,16,20). The molecule has 0 saturated heterocycles. The molecular formula is C15H15N3O4. The van der Waals surface area contributed by atoms with Crippen LogP contribution in [-0.2, 0) is 0 Å². The van der Waals surface area contributed by atoms with E-state index in [0.717, 1.165) is 0 Å². The van der Waals surface area contributed by atoms with Crippen LogP contribution in [0.25, 0.3) is 0 Å². The van der Waals surface area contributed by atoms with Crippen molar-refractivity contribution in [1.29, 1.82) is 0 Å². The second kappa shape index (κ2) is 7.19. The van der Waals surface area contributed by atoms with Gasteiger partial charge in [-0.1, -0.05) is 30.3 Å². The van der Waals surface area contributed by atoms with Gasteiger partial charge in [0.2, 0.25) is 0 Å². The van der Waals surface area contributed by atoms with Crippen LogP contribution >= 0.6 is 0 Å². The highest BCUT2D eigenvalue weighted by Crippen LogP contribution is 2.24. The lowest BCUT2D eigenvalue weighted by molar-refractivity contribution is -0.383. The van der Waals surface area contributed by atoms with Crippen molar-refractivity contribution in [2.24, 2.45) is 0 Å². The van der Waals surface area contributed by atoms with Crippen LogP contribution in [0.3, 0.4) is 0 Å². The van der Waals surface area contributed by atoms with Crippen molar-refractivity contribution < 1.29 is 14.8 Å². The third kappa shape index (κ3) is 3.58. The first-order valence-electron chi connectivity index (χ1n) is 6.61. The maximum atomic E-state index is 12.4. The summed E-state index contributed by atoms with van der Waals surface area (Å²) in [6, 6.07) is 14.1. The number of hydrogen-bond acceptors (Lipinski definition) is 4. The van der Waals surface area contributed by atoms with E-state index >= 15 is 0 Å². The Morgan fingerprint density at radius 3 is 2.41 bits per heavy atom. The van der Waals surface area contributed by atoms with Gasteiger partial charge >= 0.3 is 6.03 Å². The van der Waals surface area contributed by atoms with Gasteiger partial charge in [0.25, 0.3) is 5.69 Å². The molecule has 0 aliphatic rings. The summed E-state index contributed by atoms with van der Waals surface area (Å²) in [4.78, 5) is 24.1. The number of benzene rings is 2. The van der Waals surface area contributed by atoms with Crippen molar-refractivity contribution in [2.75, 3.05) is 23.4 Å². The molecule has 0 radical (unpaired) electrons. The van der Waals surface area contributed by atoms with Crippen molar-refractivity contribution in [2.45, 2.75) is 0 Å². The predicted molar refractivity (Wildman–Crippen MR) is 83.0 cm³/mol. The zero-order valence-corrected chi connectivity index (χ0v) is 11.7. The average Bonchev–Trinajstić information content (AvgIpc) is 2.53. The van der Waals surface area contributed by atoms with Gasteiger partial charge in [-0.05, 0) is 18.2 Å². The van der Waals surface area contributed by atoms with Gasteiger partial charge in [0.1, 0.15) is 5.69 Å². The van der Waals surface area contributed by atoms with E-state index in [1.807, 2.05) is 0 Å². The van der Waals surface area contributed by atoms with Gasteiger partial charge in [-0.2, -0.15) is 0 Å². The Kier molecular flexibility index (Phi) is 5.05. The van der Waals surface area contributed by atoms with Crippen molar-refractivity contribution in [3.63, 3.8) is 0 Å². The molecule has 0 aliphatic heterocycles. The molecule has 0 unspecified atom stereocenters. The number of para-hydroxylation sites is 3. The van der Waals surface area contributed by atoms with E-state index in [1.165, 1.54) is 23.1 Å². The van der Waals surface area contributed by atoms with Crippen LogP contribution in [0.4, 0.5) is 21.9 Å². The molecular weight excluding hydrogens is 286 g/mol. The summed E-state index contributed by atoms with van der Waals surface area (Å²) < 4.78 is 0. The number of nitro benzene ring substituents is 1. The quantitative estimate of drug-likeness (QED) is 0.655. The maximum Gasteiger partial charge on any atom is 0.326 e. The monoisotopic (exact) mass is 301 g/mol. The number of rotatable bonds is 5. The van der Waals surface area contributed by atoms with E-state index in [-0.39, 0.29) is 24.5 Å². The molecule has 0 bridgehead atoms. The number of aliphatic hydroxyl groups excluding tert-OH is 1. The van der Waals surface area contributed by atoms with E-state index in [9.17, 15) is 14.9 Å². The van der Waals surface area contributed by atoms with Crippen LogP contribution in [0, 0.1) is 10.1 Å². The van der Waals surface area contributed by atoms with Gasteiger partial charge in [0, 0.05) is 11.8 Å². The first-order chi connectivity index (χ1) is 10.6. The number of hydrogen-bond donors (Lipinski definition) is 2. The summed E-state index contributed by atoms with van der Waals surface area (Å²) in [5.74, 6) is 0. The highest BCUT2D eigenvalue weighted by atomic mass is 16.6. The summed E-state index contributed by atoms with van der Waals surface area (Å²) in [5.41, 5.74) is 0.511. The lowest BCUT2D eigenvalue weighted by Gasteiger charge is -2.22. The van der Waals surface area contributed by atoms with Crippen LogP contribution in [0.1, 0.15) is 0 Å². The summed E-state index contributed by atoms with van der Waals surface area (Å²) in [5, 5.41) is 22.6. The van der Waals surface area contributed by atoms with Gasteiger partial charge in [-0.25, -0.2) is 4.79 Å². The van der Waals surface area contributed by atoms with Gasteiger partial charge < -0.3 is 10.4 Å². The van der Waals surface area contributed by atoms with Gasteiger partial charge in [0.15, 0.2) is 0 Å². The minimum Gasteiger partial charge on any atom is -0.395 e. The summed E-state index contributed by atoms with van der Waals surface area (Å²) in [6.07, 6.45) is 0. The third-order valence-corrected chi connectivity index (χ3v) is 2.98. The fourth-order valence-electron chi connectivity index (χ4n) is 1.98. The molecule has 2 aromatic carbocycles. The lowest BCUT2D eigenvalue weighted by Crippen LogP contribution is -2.37. The van der Waals surface area contributed by atoms with Crippen molar-refractivity contribution in [3.05, 3.63) is 64.7 Å². The molecule has 2 amide bonds. The summed E-state index contributed by atoms with van der Waals surface area (Å²) in [6.45, 7) is -0.143. The molecule has 2 rings (SSSR count). The SMILES string of the molecule is O=C(Nc1ccccc1[N+](=O)[O-])N(CCO)c1ccccc1. The molecule has 2 aromatic rings. The van der Waals surface area contributed by atoms with Crippen LogP contribution in [0.15, 0.2) is 54.6 Å². The summed E-state index contributed by atoms with van der Waals surface area (Å²) in [7, 11) is 0. The fraction of sp³-hybridized carbons (Fsp3) is 0.133. The Hall–Kier alpha value is -2.93. The Balaban J connectivity index is 2.24. The van der Waals surface area contributed by atoms with Crippen LogP contribution in [-0.4, -0.2) is 29.2 Å². The Morgan fingerprint density at radius 2 is 1.77 bits per heavy atom. The number of nitro groups is 1. The molecule has 0 saturated carbocycles. The van der Waals surface area contributed by atoms with E-state index in [2.05, 4.69) is 5.32 Å². The molecule has 114 valence electrons. The largest absolute Gasteiger partial charge is 0.395 e. The fourth-order valence-corrected chi connectivity index (χ4v) is 1.98. The number of nitrogens with one attached hydrogen (secondary N) is 1. The van der Waals surface area contributed by atoms with Crippen LogP contribution in [0.5, 0.6) is 0 Å². The number of aliphatic hydroxyl groups is 1. The molecule has 2 N–H and O–H groups in total. The van der Waals surface area contributed by atoms with Crippen LogP contribution in [0.2, 0.25) is 0 Å². The second-order valence-corrected chi connectivity index (χ2v) is 4.42. The molecule has 0 aliphatic carbocycles. The molecule has 7 heteroatoms. The molecule has 0 atom stereocenters. The highest BCUT2D eigenvalue weighted by Gasteiger charge is 2.19. The van der Waals surface area contributed by atoms with Crippen molar-refractivity contribution in [1.82, 2.24) is 0 Å².